The Kier molecular flexibility index (Phi) is 7.30. The van der Waals surface area contributed by atoms with Gasteiger partial charge in [-0.1, -0.05) is 15.9 Å². The number of halogens is 1. The molecule has 118 valence electrons. The van der Waals surface area contributed by atoms with Crippen molar-refractivity contribution >= 4 is 37.5 Å². The predicted octanol–water partition coefficient (Wildman–Crippen LogP) is 1.73. The van der Waals surface area contributed by atoms with E-state index in [2.05, 4.69) is 26.0 Å². The van der Waals surface area contributed by atoms with Crippen LogP contribution in [0.4, 0.5) is 5.69 Å². The predicted molar refractivity (Wildman–Crippen MR) is 85.6 cm³/mol. The number of carbonyl (C=O) groups is 1. The molecule has 1 aromatic carbocycles. The smallest absolute Gasteiger partial charge is 0.239 e. The minimum Gasteiger partial charge on any atom is -0.378 e. The van der Waals surface area contributed by atoms with Gasteiger partial charge in [0, 0.05) is 10.2 Å². The van der Waals surface area contributed by atoms with E-state index in [1.54, 1.807) is 24.3 Å². The fraction of sp³-hybridized carbons (Fsp3) is 0.462. The third kappa shape index (κ3) is 8.15. The Morgan fingerprint density at radius 3 is 2.48 bits per heavy atom. The van der Waals surface area contributed by atoms with Crippen LogP contribution in [0.2, 0.25) is 0 Å². The third-order valence-electron chi connectivity index (χ3n) is 2.38. The van der Waals surface area contributed by atoms with Crippen molar-refractivity contribution in [2.45, 2.75) is 20.0 Å². The number of nitrogens with one attached hydrogen (secondary N) is 2. The maximum Gasteiger partial charge on any atom is 0.239 e. The van der Waals surface area contributed by atoms with Crippen LogP contribution < -0.4 is 10.0 Å². The van der Waals surface area contributed by atoms with Gasteiger partial charge in [-0.3, -0.25) is 4.79 Å². The molecule has 0 aromatic heterocycles. The molecule has 0 fully saturated rings. The zero-order valence-corrected chi connectivity index (χ0v) is 14.3. The second kappa shape index (κ2) is 8.47. The summed E-state index contributed by atoms with van der Waals surface area (Å²) in [5.74, 6) is -0.595. The Labute approximate surface area is 133 Å². The van der Waals surface area contributed by atoms with E-state index < -0.39 is 15.9 Å². The van der Waals surface area contributed by atoms with Crippen LogP contribution in [-0.4, -0.2) is 39.3 Å². The van der Waals surface area contributed by atoms with Gasteiger partial charge in [0.2, 0.25) is 15.9 Å². The number of rotatable bonds is 8. The third-order valence-corrected chi connectivity index (χ3v) is 4.20. The number of benzene rings is 1. The monoisotopic (exact) mass is 378 g/mol. The Bertz CT molecular complexity index is 558. The molecule has 1 aromatic rings. The molecule has 0 aliphatic rings. The molecule has 8 heteroatoms. The molecule has 1 amide bonds. The van der Waals surface area contributed by atoms with Crippen LogP contribution in [-0.2, 0) is 19.6 Å². The molecular formula is C13H19BrN2O4S. The Morgan fingerprint density at radius 1 is 1.29 bits per heavy atom. The first kappa shape index (κ1) is 18.1. The zero-order chi connectivity index (χ0) is 15.9. The van der Waals surface area contributed by atoms with Crippen LogP contribution in [0.1, 0.15) is 13.8 Å². The van der Waals surface area contributed by atoms with E-state index in [9.17, 15) is 13.2 Å². The lowest BCUT2D eigenvalue weighted by molar-refractivity contribution is -0.115. The molecule has 0 spiro atoms. The van der Waals surface area contributed by atoms with Crippen molar-refractivity contribution in [1.82, 2.24) is 4.72 Å². The molecule has 0 saturated carbocycles. The summed E-state index contributed by atoms with van der Waals surface area (Å²) in [6, 6.07) is 6.99. The number of amides is 1. The summed E-state index contributed by atoms with van der Waals surface area (Å²) < 4.78 is 31.6. The molecule has 0 bridgehead atoms. The molecule has 2 N–H and O–H groups in total. The topological polar surface area (TPSA) is 84.5 Å². The van der Waals surface area contributed by atoms with E-state index in [0.717, 1.165) is 4.47 Å². The Balaban J connectivity index is 2.36. The van der Waals surface area contributed by atoms with E-state index in [1.807, 2.05) is 13.8 Å². The zero-order valence-electron chi connectivity index (χ0n) is 11.9. The van der Waals surface area contributed by atoms with Crippen molar-refractivity contribution in [3.8, 4) is 0 Å². The molecule has 0 heterocycles. The standard InChI is InChI=1S/C13H19BrN2O4S/c1-10(2)20-7-8-21(18,19)15-9-13(17)16-12-5-3-11(14)4-6-12/h3-6,10,15H,7-9H2,1-2H3,(H,16,17). The highest BCUT2D eigenvalue weighted by Crippen LogP contribution is 2.13. The maximum atomic E-state index is 11.6. The first-order valence-electron chi connectivity index (χ1n) is 6.43. The van der Waals surface area contributed by atoms with Gasteiger partial charge in [-0.25, -0.2) is 13.1 Å². The molecule has 1 rings (SSSR count). The molecule has 0 unspecified atom stereocenters. The molecule has 0 aliphatic carbocycles. The van der Waals surface area contributed by atoms with E-state index in [4.69, 9.17) is 4.74 Å². The number of anilines is 1. The number of hydrogen-bond donors (Lipinski definition) is 2. The highest BCUT2D eigenvalue weighted by atomic mass is 79.9. The first-order chi connectivity index (χ1) is 9.78. The fourth-order valence-electron chi connectivity index (χ4n) is 1.38. The average Bonchev–Trinajstić information content (AvgIpc) is 2.39. The Hall–Kier alpha value is -0.960. The van der Waals surface area contributed by atoms with Gasteiger partial charge in [0.1, 0.15) is 0 Å². The van der Waals surface area contributed by atoms with Crippen molar-refractivity contribution < 1.29 is 17.9 Å². The lowest BCUT2D eigenvalue weighted by Gasteiger charge is -2.09. The summed E-state index contributed by atoms with van der Waals surface area (Å²) in [4.78, 5) is 11.6. The summed E-state index contributed by atoms with van der Waals surface area (Å²) in [6.45, 7) is 3.44. The largest absolute Gasteiger partial charge is 0.378 e. The number of hydrogen-bond acceptors (Lipinski definition) is 4. The maximum absolute atomic E-state index is 11.6. The van der Waals surface area contributed by atoms with Crippen molar-refractivity contribution in [3.63, 3.8) is 0 Å². The summed E-state index contributed by atoms with van der Waals surface area (Å²) >= 11 is 3.29. The van der Waals surface area contributed by atoms with Gasteiger partial charge >= 0.3 is 0 Å². The summed E-state index contributed by atoms with van der Waals surface area (Å²) in [7, 11) is -3.51. The second-order valence-electron chi connectivity index (χ2n) is 4.61. The molecular weight excluding hydrogens is 360 g/mol. The lowest BCUT2D eigenvalue weighted by atomic mass is 10.3. The molecule has 0 radical (unpaired) electrons. The van der Waals surface area contributed by atoms with E-state index >= 15 is 0 Å². The van der Waals surface area contributed by atoms with Crippen molar-refractivity contribution in [1.29, 1.82) is 0 Å². The molecule has 0 saturated heterocycles. The van der Waals surface area contributed by atoms with E-state index in [1.165, 1.54) is 0 Å². The Morgan fingerprint density at radius 2 is 1.90 bits per heavy atom. The van der Waals surface area contributed by atoms with Crippen molar-refractivity contribution in [3.05, 3.63) is 28.7 Å². The minimum atomic E-state index is -3.51. The summed E-state index contributed by atoms with van der Waals surface area (Å²) in [5.41, 5.74) is 0.602. The van der Waals surface area contributed by atoms with Crippen molar-refractivity contribution in [2.75, 3.05) is 24.2 Å². The number of sulfonamides is 1. The van der Waals surface area contributed by atoms with Gasteiger partial charge in [-0.2, -0.15) is 0 Å². The number of carbonyl (C=O) groups excluding carboxylic acids is 1. The van der Waals surface area contributed by atoms with Gasteiger partial charge in [-0.05, 0) is 38.1 Å². The lowest BCUT2D eigenvalue weighted by Crippen LogP contribution is -2.35. The van der Waals surface area contributed by atoms with Gasteiger partial charge in [-0.15, -0.1) is 0 Å². The summed E-state index contributed by atoms with van der Waals surface area (Å²) in [5, 5.41) is 2.60. The van der Waals surface area contributed by atoms with E-state index in [0.29, 0.717) is 5.69 Å². The SMILES string of the molecule is CC(C)OCCS(=O)(=O)NCC(=O)Nc1ccc(Br)cc1. The normalized spacial score (nSPS) is 11.6. The first-order valence-corrected chi connectivity index (χ1v) is 8.87. The molecule has 6 nitrogen and oxygen atoms in total. The molecule has 0 aliphatic heterocycles. The molecule has 0 atom stereocenters. The van der Waals surface area contributed by atoms with Gasteiger partial charge in [0.25, 0.3) is 0 Å². The van der Waals surface area contributed by atoms with Crippen LogP contribution in [0.15, 0.2) is 28.7 Å². The van der Waals surface area contributed by atoms with Gasteiger partial charge < -0.3 is 10.1 Å². The van der Waals surface area contributed by atoms with Gasteiger partial charge in [0.05, 0.1) is 25.0 Å². The number of ether oxygens (including phenoxy) is 1. The average molecular weight is 379 g/mol. The highest BCUT2D eigenvalue weighted by Gasteiger charge is 2.12. The van der Waals surface area contributed by atoms with Crippen molar-refractivity contribution in [2.24, 2.45) is 0 Å². The minimum absolute atomic E-state index is 0.0269. The van der Waals surface area contributed by atoms with Crippen LogP contribution in [0, 0.1) is 0 Å². The summed E-state index contributed by atoms with van der Waals surface area (Å²) in [6.07, 6.45) is -0.0269. The highest BCUT2D eigenvalue weighted by molar-refractivity contribution is 9.10. The quantitative estimate of drug-likeness (QED) is 0.721. The van der Waals surface area contributed by atoms with Crippen LogP contribution in [0.25, 0.3) is 0 Å². The van der Waals surface area contributed by atoms with Crippen LogP contribution in [0.5, 0.6) is 0 Å². The van der Waals surface area contributed by atoms with Crippen LogP contribution in [0.3, 0.4) is 0 Å². The fourth-order valence-corrected chi connectivity index (χ4v) is 2.45. The second-order valence-corrected chi connectivity index (χ2v) is 7.46. The van der Waals surface area contributed by atoms with Gasteiger partial charge in [0.15, 0.2) is 0 Å². The van der Waals surface area contributed by atoms with Crippen LogP contribution >= 0.6 is 15.9 Å². The van der Waals surface area contributed by atoms with E-state index in [-0.39, 0.29) is 25.0 Å². The molecule has 21 heavy (non-hydrogen) atoms.